The third-order valence-electron chi connectivity index (χ3n) is 7.15. The SMILES string of the molecule is CN=C(NCC(c1ccc(C)o1)N1CCCC1)NC1CCN(C(=O)C2CCCCC2)C1.I. The normalized spacial score (nSPS) is 23.8. The summed E-state index contributed by atoms with van der Waals surface area (Å²) in [6.45, 7) is 6.61. The minimum atomic E-state index is 0. The van der Waals surface area contributed by atoms with Crippen molar-refractivity contribution in [3.8, 4) is 0 Å². The molecule has 2 saturated heterocycles. The predicted molar refractivity (Wildman–Crippen MR) is 138 cm³/mol. The topological polar surface area (TPSA) is 73.1 Å². The van der Waals surface area contributed by atoms with Gasteiger partial charge in [-0.25, -0.2) is 0 Å². The van der Waals surface area contributed by atoms with Crippen molar-refractivity contribution in [2.45, 2.75) is 70.4 Å². The third-order valence-corrected chi connectivity index (χ3v) is 7.15. The molecule has 1 aromatic heterocycles. The highest BCUT2D eigenvalue weighted by molar-refractivity contribution is 14.0. The molecule has 0 bridgehead atoms. The van der Waals surface area contributed by atoms with Crippen molar-refractivity contribution in [1.29, 1.82) is 0 Å². The molecular formula is C24H40IN5O2. The number of guanidine groups is 1. The van der Waals surface area contributed by atoms with Crippen molar-refractivity contribution in [1.82, 2.24) is 20.4 Å². The van der Waals surface area contributed by atoms with E-state index in [1.807, 2.05) is 20.0 Å². The summed E-state index contributed by atoms with van der Waals surface area (Å²) < 4.78 is 5.97. The second kappa shape index (κ2) is 12.3. The Kier molecular flexibility index (Phi) is 9.70. The van der Waals surface area contributed by atoms with E-state index in [1.54, 1.807) is 0 Å². The number of likely N-dealkylation sites (tertiary alicyclic amines) is 2. The van der Waals surface area contributed by atoms with Crippen LogP contribution in [0.15, 0.2) is 21.5 Å². The van der Waals surface area contributed by atoms with Crippen molar-refractivity contribution in [2.24, 2.45) is 10.9 Å². The van der Waals surface area contributed by atoms with Crippen LogP contribution in [0.1, 0.15) is 68.9 Å². The van der Waals surface area contributed by atoms with Crippen LogP contribution in [-0.2, 0) is 4.79 Å². The van der Waals surface area contributed by atoms with Crippen LogP contribution in [0.2, 0.25) is 0 Å². The van der Waals surface area contributed by atoms with Crippen LogP contribution >= 0.6 is 24.0 Å². The maximum Gasteiger partial charge on any atom is 0.225 e. The number of aryl methyl sites for hydroxylation is 1. The highest BCUT2D eigenvalue weighted by Crippen LogP contribution is 2.27. The molecule has 3 heterocycles. The molecule has 1 saturated carbocycles. The first-order valence-corrected chi connectivity index (χ1v) is 12.2. The summed E-state index contributed by atoms with van der Waals surface area (Å²) in [4.78, 5) is 21.9. The number of furan rings is 1. The van der Waals surface area contributed by atoms with Crippen LogP contribution in [0, 0.1) is 12.8 Å². The summed E-state index contributed by atoms with van der Waals surface area (Å²) in [5, 5.41) is 7.07. The predicted octanol–water partition coefficient (Wildman–Crippen LogP) is 3.69. The molecule has 2 aliphatic heterocycles. The minimum Gasteiger partial charge on any atom is -0.465 e. The summed E-state index contributed by atoms with van der Waals surface area (Å²) in [7, 11) is 1.82. The van der Waals surface area contributed by atoms with Gasteiger partial charge < -0.3 is 20.0 Å². The highest BCUT2D eigenvalue weighted by Gasteiger charge is 2.32. The van der Waals surface area contributed by atoms with Crippen molar-refractivity contribution < 1.29 is 9.21 Å². The van der Waals surface area contributed by atoms with Gasteiger partial charge in [0.25, 0.3) is 0 Å². The van der Waals surface area contributed by atoms with Gasteiger partial charge in [0.1, 0.15) is 11.5 Å². The minimum absolute atomic E-state index is 0. The number of hydrogen-bond donors (Lipinski definition) is 2. The van der Waals surface area contributed by atoms with Gasteiger partial charge in [-0.3, -0.25) is 14.7 Å². The zero-order chi connectivity index (χ0) is 21.6. The van der Waals surface area contributed by atoms with Crippen molar-refractivity contribution >= 4 is 35.8 Å². The number of halogens is 1. The lowest BCUT2D eigenvalue weighted by Crippen LogP contribution is -2.47. The van der Waals surface area contributed by atoms with Crippen molar-refractivity contribution in [3.05, 3.63) is 23.7 Å². The lowest BCUT2D eigenvalue weighted by atomic mass is 9.88. The van der Waals surface area contributed by atoms with Crippen molar-refractivity contribution in [2.75, 3.05) is 39.8 Å². The van der Waals surface area contributed by atoms with Crippen LogP contribution in [0.5, 0.6) is 0 Å². The van der Waals surface area contributed by atoms with Crippen LogP contribution in [0.25, 0.3) is 0 Å². The number of carbonyl (C=O) groups is 1. The fraction of sp³-hybridized carbons (Fsp3) is 0.750. The Morgan fingerprint density at radius 2 is 1.88 bits per heavy atom. The Bertz CT molecular complexity index is 755. The summed E-state index contributed by atoms with van der Waals surface area (Å²) in [5.74, 6) is 3.41. The highest BCUT2D eigenvalue weighted by atomic mass is 127. The van der Waals surface area contributed by atoms with E-state index in [9.17, 15) is 4.79 Å². The number of rotatable bonds is 6. The number of nitrogens with one attached hydrogen (secondary N) is 2. The molecular weight excluding hydrogens is 517 g/mol. The van der Waals surface area contributed by atoms with E-state index in [-0.39, 0.29) is 42.0 Å². The smallest absolute Gasteiger partial charge is 0.225 e. The third kappa shape index (κ3) is 6.40. The summed E-state index contributed by atoms with van der Waals surface area (Å²) in [5.41, 5.74) is 0. The molecule has 32 heavy (non-hydrogen) atoms. The molecule has 2 N–H and O–H groups in total. The molecule has 3 fully saturated rings. The van der Waals surface area contributed by atoms with Crippen LogP contribution < -0.4 is 10.6 Å². The molecule has 0 aromatic carbocycles. The number of amides is 1. The van der Waals surface area contributed by atoms with E-state index < -0.39 is 0 Å². The number of hydrogen-bond acceptors (Lipinski definition) is 4. The first-order chi connectivity index (χ1) is 15.1. The zero-order valence-corrected chi connectivity index (χ0v) is 22.0. The Morgan fingerprint density at radius 1 is 1.12 bits per heavy atom. The van der Waals surface area contributed by atoms with Gasteiger partial charge in [-0.2, -0.15) is 0 Å². The molecule has 0 radical (unpaired) electrons. The first kappa shape index (κ1) is 25.3. The standard InChI is InChI=1S/C24H39N5O2.HI/c1-18-10-11-22(31-18)21(28-13-6-7-14-28)16-26-24(25-2)27-20-12-15-29(17-20)23(30)19-8-4-3-5-9-19;/h10-11,19-21H,3-9,12-17H2,1-2H3,(H2,25,26,27);1H. The Labute approximate surface area is 209 Å². The average Bonchev–Trinajstić information content (AvgIpc) is 3.56. The average molecular weight is 558 g/mol. The first-order valence-electron chi connectivity index (χ1n) is 12.2. The van der Waals surface area contributed by atoms with E-state index in [4.69, 9.17) is 4.42 Å². The monoisotopic (exact) mass is 557 g/mol. The molecule has 1 aliphatic carbocycles. The van der Waals surface area contributed by atoms with E-state index in [0.717, 1.165) is 69.5 Å². The van der Waals surface area contributed by atoms with Gasteiger partial charge in [-0.15, -0.1) is 24.0 Å². The summed E-state index contributed by atoms with van der Waals surface area (Å²) in [6.07, 6.45) is 9.30. The van der Waals surface area contributed by atoms with Gasteiger partial charge in [0.2, 0.25) is 5.91 Å². The van der Waals surface area contributed by atoms with E-state index in [1.165, 1.54) is 32.1 Å². The van der Waals surface area contributed by atoms with Crippen LogP contribution in [-0.4, -0.2) is 67.5 Å². The van der Waals surface area contributed by atoms with Gasteiger partial charge in [-0.1, -0.05) is 19.3 Å². The zero-order valence-electron chi connectivity index (χ0n) is 19.6. The summed E-state index contributed by atoms with van der Waals surface area (Å²) in [6, 6.07) is 4.61. The molecule has 2 atom stereocenters. The maximum atomic E-state index is 12.9. The van der Waals surface area contributed by atoms with Gasteiger partial charge in [0.05, 0.1) is 6.04 Å². The quantitative estimate of drug-likeness (QED) is 0.317. The molecule has 180 valence electrons. The van der Waals surface area contributed by atoms with Gasteiger partial charge in [0, 0.05) is 38.6 Å². The van der Waals surface area contributed by atoms with Crippen molar-refractivity contribution in [3.63, 3.8) is 0 Å². The molecule has 3 aliphatic rings. The number of nitrogens with zero attached hydrogens (tertiary/aromatic N) is 3. The van der Waals surface area contributed by atoms with Gasteiger partial charge in [0.15, 0.2) is 5.96 Å². The molecule has 1 aromatic rings. The second-order valence-corrected chi connectivity index (χ2v) is 9.41. The second-order valence-electron chi connectivity index (χ2n) is 9.41. The lowest BCUT2D eigenvalue weighted by molar-refractivity contribution is -0.135. The Balaban J connectivity index is 0.00000289. The van der Waals surface area contributed by atoms with E-state index >= 15 is 0 Å². The van der Waals surface area contributed by atoms with Gasteiger partial charge in [-0.05, 0) is 64.3 Å². The Morgan fingerprint density at radius 3 is 2.53 bits per heavy atom. The molecule has 2 unspecified atom stereocenters. The number of aliphatic imine (C=N–C) groups is 1. The fourth-order valence-electron chi connectivity index (χ4n) is 5.36. The fourth-order valence-corrected chi connectivity index (χ4v) is 5.36. The lowest BCUT2D eigenvalue weighted by Gasteiger charge is -2.28. The van der Waals surface area contributed by atoms with E-state index in [2.05, 4.69) is 31.5 Å². The van der Waals surface area contributed by atoms with Crippen LogP contribution in [0.3, 0.4) is 0 Å². The molecule has 0 spiro atoms. The van der Waals surface area contributed by atoms with E-state index in [0.29, 0.717) is 5.91 Å². The maximum absolute atomic E-state index is 12.9. The van der Waals surface area contributed by atoms with Gasteiger partial charge >= 0.3 is 0 Å². The summed E-state index contributed by atoms with van der Waals surface area (Å²) >= 11 is 0. The molecule has 1 amide bonds. The molecule has 8 heteroatoms. The molecule has 4 rings (SSSR count). The molecule has 7 nitrogen and oxygen atoms in total. The largest absolute Gasteiger partial charge is 0.465 e. The number of carbonyl (C=O) groups excluding carboxylic acids is 1. The van der Waals surface area contributed by atoms with Crippen LogP contribution in [0.4, 0.5) is 0 Å². The Hall–Kier alpha value is -1.29.